The molecule has 0 unspecified atom stereocenters. The van der Waals surface area contributed by atoms with E-state index in [1.54, 1.807) is 46.2 Å². The van der Waals surface area contributed by atoms with Crippen LogP contribution in [0.25, 0.3) is 11.0 Å². The van der Waals surface area contributed by atoms with E-state index in [2.05, 4.69) is 20.6 Å². The van der Waals surface area contributed by atoms with Gasteiger partial charge in [0.15, 0.2) is 11.5 Å². The molecule has 2 aromatic carbocycles. The van der Waals surface area contributed by atoms with E-state index in [0.717, 1.165) is 11.1 Å². The molecule has 10 heteroatoms. The zero-order valence-electron chi connectivity index (χ0n) is 20.0. The molecule has 0 saturated carbocycles. The molecule has 1 aliphatic rings. The van der Waals surface area contributed by atoms with Crippen molar-refractivity contribution >= 4 is 28.5 Å². The molecule has 0 radical (unpaired) electrons. The first kappa shape index (κ1) is 23.3. The number of nitrogens with zero attached hydrogens (tertiary/aromatic N) is 5. The highest BCUT2D eigenvalue weighted by molar-refractivity contribution is 5.97. The number of hydrogen-bond acceptors (Lipinski definition) is 7. The van der Waals surface area contributed by atoms with Crippen LogP contribution in [0.1, 0.15) is 19.4 Å². The number of amides is 2. The van der Waals surface area contributed by atoms with E-state index in [-0.39, 0.29) is 37.6 Å². The van der Waals surface area contributed by atoms with Gasteiger partial charge in [-0.05, 0) is 41.8 Å². The summed E-state index contributed by atoms with van der Waals surface area (Å²) >= 11 is 0. The standard InChI is InChI=1S/C26H26N6O4/c1-17(2)25(26(34)28-19-9-10-22-23(12-19)36-16-35-22)31(14-18-6-5-11-27-13-18)24(33)15-32-21-8-4-3-7-20(21)29-30-32/h3-13,17,25H,14-16H2,1-2H3,(H,28,34)/t25-/m1/s1. The second-order valence-electron chi connectivity index (χ2n) is 8.86. The molecule has 5 rings (SSSR count). The average Bonchev–Trinajstić information content (AvgIpc) is 3.51. The lowest BCUT2D eigenvalue weighted by Gasteiger charge is -2.33. The Balaban J connectivity index is 1.43. The monoisotopic (exact) mass is 486 g/mol. The predicted molar refractivity (Wildman–Crippen MR) is 132 cm³/mol. The van der Waals surface area contributed by atoms with Crippen LogP contribution in [0.4, 0.5) is 5.69 Å². The molecule has 3 heterocycles. The highest BCUT2D eigenvalue weighted by Gasteiger charge is 2.33. The number of anilines is 1. The summed E-state index contributed by atoms with van der Waals surface area (Å²) in [6, 6.07) is 15.6. The maximum absolute atomic E-state index is 13.7. The Labute approximate surface area is 207 Å². The summed E-state index contributed by atoms with van der Waals surface area (Å²) in [7, 11) is 0. The minimum absolute atomic E-state index is 0.0543. The van der Waals surface area contributed by atoms with Crippen LogP contribution in [0, 0.1) is 5.92 Å². The number of nitrogens with one attached hydrogen (secondary N) is 1. The van der Waals surface area contributed by atoms with Gasteiger partial charge in [-0.25, -0.2) is 4.68 Å². The first-order valence-corrected chi connectivity index (χ1v) is 11.7. The number of pyridine rings is 1. The van der Waals surface area contributed by atoms with Gasteiger partial charge in [-0.2, -0.15) is 0 Å². The molecule has 0 saturated heterocycles. The minimum Gasteiger partial charge on any atom is -0.454 e. The van der Waals surface area contributed by atoms with Crippen molar-refractivity contribution in [1.82, 2.24) is 24.9 Å². The Morgan fingerprint density at radius 2 is 1.92 bits per heavy atom. The third-order valence-corrected chi connectivity index (χ3v) is 5.98. The molecule has 10 nitrogen and oxygen atoms in total. The molecule has 184 valence electrons. The van der Waals surface area contributed by atoms with E-state index in [1.165, 1.54) is 0 Å². The Kier molecular flexibility index (Phi) is 6.48. The fourth-order valence-electron chi connectivity index (χ4n) is 4.28. The van der Waals surface area contributed by atoms with E-state index in [4.69, 9.17) is 9.47 Å². The van der Waals surface area contributed by atoms with Gasteiger partial charge in [0.25, 0.3) is 0 Å². The number of carbonyl (C=O) groups is 2. The van der Waals surface area contributed by atoms with Crippen molar-refractivity contribution in [2.75, 3.05) is 12.1 Å². The number of aromatic nitrogens is 4. The molecule has 1 N–H and O–H groups in total. The molecule has 0 bridgehead atoms. The van der Waals surface area contributed by atoms with Crippen molar-refractivity contribution in [3.63, 3.8) is 0 Å². The van der Waals surface area contributed by atoms with E-state index < -0.39 is 6.04 Å². The highest BCUT2D eigenvalue weighted by atomic mass is 16.7. The summed E-state index contributed by atoms with van der Waals surface area (Å²) in [5.74, 6) is 0.461. The summed E-state index contributed by atoms with van der Waals surface area (Å²) < 4.78 is 12.3. The van der Waals surface area contributed by atoms with E-state index in [9.17, 15) is 9.59 Å². The van der Waals surface area contributed by atoms with Crippen LogP contribution in [-0.4, -0.2) is 49.5 Å². The number of para-hydroxylation sites is 1. The molecule has 2 aromatic heterocycles. The van der Waals surface area contributed by atoms with E-state index in [0.29, 0.717) is 22.7 Å². The minimum atomic E-state index is -0.752. The molecule has 0 spiro atoms. The van der Waals surface area contributed by atoms with Crippen LogP contribution in [0.15, 0.2) is 67.0 Å². The SMILES string of the molecule is CC(C)[C@H](C(=O)Nc1ccc2c(c1)OCO2)N(Cc1cccnc1)C(=O)Cn1nnc2ccccc21. The molecule has 4 aromatic rings. The molecule has 0 fully saturated rings. The molecule has 1 aliphatic heterocycles. The van der Waals surface area contributed by atoms with Gasteiger partial charge in [-0.15, -0.1) is 5.10 Å². The number of fused-ring (bicyclic) bond motifs is 2. The lowest BCUT2D eigenvalue weighted by Crippen LogP contribution is -2.50. The number of benzene rings is 2. The van der Waals surface area contributed by atoms with Gasteiger partial charge in [0, 0.05) is 30.7 Å². The molecule has 36 heavy (non-hydrogen) atoms. The Morgan fingerprint density at radius 3 is 2.72 bits per heavy atom. The molecular formula is C26H26N6O4. The summed E-state index contributed by atoms with van der Waals surface area (Å²) in [4.78, 5) is 33.0. The molecule has 1 atom stereocenters. The van der Waals surface area contributed by atoms with Gasteiger partial charge in [0.05, 0.1) is 5.52 Å². The fraction of sp³-hybridized carbons (Fsp3) is 0.269. The Hall–Kier alpha value is -4.47. The van der Waals surface area contributed by atoms with E-state index in [1.807, 2.05) is 44.2 Å². The van der Waals surface area contributed by atoms with Crippen molar-refractivity contribution in [3.8, 4) is 11.5 Å². The largest absolute Gasteiger partial charge is 0.454 e. The van der Waals surface area contributed by atoms with Crippen LogP contribution >= 0.6 is 0 Å². The quantitative estimate of drug-likeness (QED) is 0.407. The van der Waals surface area contributed by atoms with Gasteiger partial charge in [0.2, 0.25) is 18.6 Å². The van der Waals surface area contributed by atoms with Crippen LogP contribution in [-0.2, 0) is 22.7 Å². The van der Waals surface area contributed by atoms with Crippen molar-refractivity contribution < 1.29 is 19.1 Å². The maximum Gasteiger partial charge on any atom is 0.247 e. The smallest absolute Gasteiger partial charge is 0.247 e. The zero-order valence-corrected chi connectivity index (χ0v) is 20.0. The fourth-order valence-corrected chi connectivity index (χ4v) is 4.28. The Morgan fingerprint density at radius 1 is 1.08 bits per heavy atom. The topological polar surface area (TPSA) is 111 Å². The number of carbonyl (C=O) groups excluding carboxylic acids is 2. The third-order valence-electron chi connectivity index (χ3n) is 5.98. The summed E-state index contributed by atoms with van der Waals surface area (Å²) in [5, 5.41) is 11.2. The normalized spacial score (nSPS) is 13.1. The predicted octanol–water partition coefficient (Wildman–Crippen LogP) is 3.25. The van der Waals surface area contributed by atoms with Gasteiger partial charge >= 0.3 is 0 Å². The lowest BCUT2D eigenvalue weighted by atomic mass is 10.00. The first-order valence-electron chi connectivity index (χ1n) is 11.7. The van der Waals surface area contributed by atoms with Crippen molar-refractivity contribution in [3.05, 3.63) is 72.6 Å². The van der Waals surface area contributed by atoms with Gasteiger partial charge in [-0.3, -0.25) is 14.6 Å². The average molecular weight is 487 g/mol. The molecular weight excluding hydrogens is 460 g/mol. The number of ether oxygens (including phenoxy) is 2. The Bertz CT molecular complexity index is 1390. The molecule has 2 amide bonds. The second-order valence-corrected chi connectivity index (χ2v) is 8.86. The van der Waals surface area contributed by atoms with Gasteiger partial charge < -0.3 is 19.7 Å². The van der Waals surface area contributed by atoms with Crippen molar-refractivity contribution in [1.29, 1.82) is 0 Å². The van der Waals surface area contributed by atoms with E-state index >= 15 is 0 Å². The van der Waals surface area contributed by atoms with Crippen LogP contribution in [0.5, 0.6) is 11.5 Å². The summed E-state index contributed by atoms with van der Waals surface area (Å²) in [6.45, 7) is 4.14. The van der Waals surface area contributed by atoms with Crippen molar-refractivity contribution in [2.45, 2.75) is 33.0 Å². The van der Waals surface area contributed by atoms with Gasteiger partial charge in [-0.1, -0.05) is 37.3 Å². The second kappa shape index (κ2) is 10.0. The first-order chi connectivity index (χ1) is 17.5. The summed E-state index contributed by atoms with van der Waals surface area (Å²) in [6.07, 6.45) is 3.36. The number of hydrogen-bond donors (Lipinski definition) is 1. The highest BCUT2D eigenvalue weighted by Crippen LogP contribution is 2.34. The van der Waals surface area contributed by atoms with Crippen LogP contribution in [0.2, 0.25) is 0 Å². The zero-order chi connectivity index (χ0) is 25.1. The summed E-state index contributed by atoms with van der Waals surface area (Å²) in [5.41, 5.74) is 2.82. The number of rotatable bonds is 8. The molecule has 0 aliphatic carbocycles. The third kappa shape index (κ3) is 4.83. The van der Waals surface area contributed by atoms with Crippen LogP contribution < -0.4 is 14.8 Å². The lowest BCUT2D eigenvalue weighted by molar-refractivity contribution is -0.141. The maximum atomic E-state index is 13.7. The van der Waals surface area contributed by atoms with Gasteiger partial charge in [0.1, 0.15) is 18.1 Å². The van der Waals surface area contributed by atoms with Crippen molar-refractivity contribution in [2.24, 2.45) is 5.92 Å². The van der Waals surface area contributed by atoms with Crippen LogP contribution in [0.3, 0.4) is 0 Å².